The topological polar surface area (TPSA) is 174 Å². The summed E-state index contributed by atoms with van der Waals surface area (Å²) in [6.45, 7) is 1.07. The molecule has 0 aromatic heterocycles. The van der Waals surface area contributed by atoms with E-state index < -0.39 is 28.9 Å². The summed E-state index contributed by atoms with van der Waals surface area (Å²) in [7, 11) is 0. The molecule has 13 heteroatoms. The van der Waals surface area contributed by atoms with Crippen molar-refractivity contribution in [1.82, 2.24) is 14.7 Å². The molecule has 0 spiro atoms. The zero-order valence-corrected chi connectivity index (χ0v) is 18.7. The van der Waals surface area contributed by atoms with Crippen LogP contribution in [0.3, 0.4) is 0 Å². The Labute approximate surface area is 196 Å². The number of hydrogen-bond donors (Lipinski definition) is 3. The molecule has 1 saturated heterocycles. The van der Waals surface area contributed by atoms with Crippen molar-refractivity contribution >= 4 is 23.6 Å². The fraction of sp³-hybridized carbons (Fsp3) is 0.571. The minimum atomic E-state index is -1.04. The summed E-state index contributed by atoms with van der Waals surface area (Å²) in [5, 5.41) is 38.8. The van der Waals surface area contributed by atoms with Crippen molar-refractivity contribution in [2.24, 2.45) is 0 Å². The Morgan fingerprint density at radius 1 is 0.882 bits per heavy atom. The van der Waals surface area contributed by atoms with Gasteiger partial charge in [0.05, 0.1) is 37.8 Å². The second-order valence-corrected chi connectivity index (χ2v) is 8.06. The third-order valence-electron chi connectivity index (χ3n) is 5.49. The van der Waals surface area contributed by atoms with E-state index >= 15 is 0 Å². The molecule has 0 radical (unpaired) electrons. The van der Waals surface area contributed by atoms with E-state index in [1.54, 1.807) is 26.8 Å². The van der Waals surface area contributed by atoms with Gasteiger partial charge in [0.2, 0.25) is 0 Å². The van der Waals surface area contributed by atoms with Crippen LogP contribution >= 0.6 is 0 Å². The number of hydrogen-bond acceptors (Lipinski definition) is 9. The average molecular weight is 482 g/mol. The molecule has 1 fully saturated rings. The predicted octanol–water partition coefficient (Wildman–Crippen LogP) is -0.304. The number of rotatable bonds is 9. The highest BCUT2D eigenvalue weighted by molar-refractivity contribution is 5.70. The molecule has 1 aromatic rings. The Morgan fingerprint density at radius 3 is 1.94 bits per heavy atom. The molecule has 188 valence electrons. The fourth-order valence-corrected chi connectivity index (χ4v) is 3.77. The lowest BCUT2D eigenvalue weighted by Gasteiger charge is -2.34. The molecular weight excluding hydrogens is 452 g/mol. The molecule has 1 aliphatic rings. The Bertz CT molecular complexity index is 849. The van der Waals surface area contributed by atoms with Crippen LogP contribution in [0, 0.1) is 10.1 Å². The van der Waals surface area contributed by atoms with Crippen molar-refractivity contribution in [3.8, 4) is 0 Å². The minimum absolute atomic E-state index is 0.0519. The Kier molecular flexibility index (Phi) is 10.8. The molecular formula is C21H30N4O9. The first kappa shape index (κ1) is 27.1. The van der Waals surface area contributed by atoms with Crippen LogP contribution in [0.5, 0.6) is 0 Å². The standard InChI is InChI=1S/C21H30N4O9/c26-19(27)12-22-5-6-23(13-20(28)29)9-10-34-15-18(24(8-7-22)14-21(30)31)11-16-1-3-17(4-2-16)25(32)33/h1-4,18H,5-15H2,(H,26,27)(H,28,29)(H,30,31). The van der Waals surface area contributed by atoms with E-state index in [0.29, 0.717) is 26.1 Å². The maximum atomic E-state index is 11.5. The highest BCUT2D eigenvalue weighted by atomic mass is 16.6. The molecule has 0 aliphatic carbocycles. The number of ether oxygens (including phenoxy) is 1. The van der Waals surface area contributed by atoms with Crippen molar-refractivity contribution in [2.45, 2.75) is 12.5 Å². The van der Waals surface area contributed by atoms with Gasteiger partial charge in [-0.3, -0.25) is 39.2 Å². The number of non-ortho nitro benzene ring substituents is 1. The van der Waals surface area contributed by atoms with Crippen LogP contribution in [-0.2, 0) is 25.5 Å². The number of carboxylic acids is 3. The molecule has 13 nitrogen and oxygen atoms in total. The Balaban J connectivity index is 2.22. The van der Waals surface area contributed by atoms with Gasteiger partial charge in [0.15, 0.2) is 0 Å². The third kappa shape index (κ3) is 9.79. The summed E-state index contributed by atoms with van der Waals surface area (Å²) in [5.74, 6) is -3.08. The summed E-state index contributed by atoms with van der Waals surface area (Å²) in [6, 6.07) is 5.59. The van der Waals surface area contributed by atoms with Gasteiger partial charge in [0.25, 0.3) is 5.69 Å². The van der Waals surface area contributed by atoms with Crippen LogP contribution in [0.1, 0.15) is 5.56 Å². The van der Waals surface area contributed by atoms with Crippen LogP contribution in [0.15, 0.2) is 24.3 Å². The highest BCUT2D eigenvalue weighted by Gasteiger charge is 2.24. The maximum Gasteiger partial charge on any atom is 0.317 e. The first-order valence-electron chi connectivity index (χ1n) is 10.8. The molecule has 1 aliphatic heterocycles. The van der Waals surface area contributed by atoms with Crippen molar-refractivity contribution in [1.29, 1.82) is 0 Å². The second-order valence-electron chi connectivity index (χ2n) is 8.06. The summed E-state index contributed by atoms with van der Waals surface area (Å²) >= 11 is 0. The number of nitro benzene ring substituents is 1. The minimum Gasteiger partial charge on any atom is -0.480 e. The first-order valence-corrected chi connectivity index (χ1v) is 10.8. The van der Waals surface area contributed by atoms with Crippen molar-refractivity contribution in [2.75, 3.05) is 65.6 Å². The normalized spacial score (nSPS) is 19.6. The molecule has 1 unspecified atom stereocenters. The monoisotopic (exact) mass is 482 g/mol. The van der Waals surface area contributed by atoms with Crippen molar-refractivity contribution < 1.29 is 39.4 Å². The van der Waals surface area contributed by atoms with Crippen molar-refractivity contribution in [3.05, 3.63) is 39.9 Å². The number of carboxylic acid groups (broad SMARTS) is 3. The summed E-state index contributed by atoms with van der Waals surface area (Å²) < 4.78 is 5.78. The molecule has 1 atom stereocenters. The summed E-state index contributed by atoms with van der Waals surface area (Å²) in [6.07, 6.45) is 0.364. The zero-order valence-electron chi connectivity index (χ0n) is 18.7. The van der Waals surface area contributed by atoms with Crippen LogP contribution < -0.4 is 0 Å². The van der Waals surface area contributed by atoms with E-state index in [4.69, 9.17) is 9.84 Å². The lowest BCUT2D eigenvalue weighted by Crippen LogP contribution is -2.49. The molecule has 34 heavy (non-hydrogen) atoms. The quantitative estimate of drug-likeness (QED) is 0.310. The van der Waals surface area contributed by atoms with Crippen LogP contribution in [0.25, 0.3) is 0 Å². The summed E-state index contributed by atoms with van der Waals surface area (Å²) in [4.78, 5) is 49.5. The fourth-order valence-electron chi connectivity index (χ4n) is 3.77. The molecule has 3 N–H and O–H groups in total. The third-order valence-corrected chi connectivity index (χ3v) is 5.49. The molecule has 1 aromatic carbocycles. The molecule has 0 bridgehead atoms. The van der Waals surface area contributed by atoms with Gasteiger partial charge < -0.3 is 20.1 Å². The van der Waals surface area contributed by atoms with Crippen LogP contribution in [0.2, 0.25) is 0 Å². The van der Waals surface area contributed by atoms with Gasteiger partial charge in [0, 0.05) is 50.9 Å². The average Bonchev–Trinajstić information content (AvgIpc) is 2.75. The lowest BCUT2D eigenvalue weighted by atomic mass is 10.0. The van der Waals surface area contributed by atoms with Gasteiger partial charge in [-0.2, -0.15) is 0 Å². The predicted molar refractivity (Wildman–Crippen MR) is 119 cm³/mol. The van der Waals surface area contributed by atoms with E-state index in [1.165, 1.54) is 12.1 Å². The van der Waals surface area contributed by atoms with Crippen LogP contribution in [0.4, 0.5) is 5.69 Å². The highest BCUT2D eigenvalue weighted by Crippen LogP contribution is 2.16. The van der Waals surface area contributed by atoms with Gasteiger partial charge in [-0.05, 0) is 12.0 Å². The smallest absolute Gasteiger partial charge is 0.317 e. The van der Waals surface area contributed by atoms with E-state index in [2.05, 4.69) is 0 Å². The number of nitro groups is 1. The summed E-state index contributed by atoms with van der Waals surface area (Å²) in [5.41, 5.74) is 0.709. The van der Waals surface area contributed by atoms with E-state index in [0.717, 1.165) is 5.56 Å². The first-order chi connectivity index (χ1) is 16.1. The van der Waals surface area contributed by atoms with Gasteiger partial charge in [-0.25, -0.2) is 0 Å². The van der Waals surface area contributed by atoms with Gasteiger partial charge >= 0.3 is 17.9 Å². The molecule has 1 heterocycles. The van der Waals surface area contributed by atoms with Crippen molar-refractivity contribution in [3.63, 3.8) is 0 Å². The molecule has 2 rings (SSSR count). The largest absolute Gasteiger partial charge is 0.480 e. The van der Waals surface area contributed by atoms with Gasteiger partial charge in [-0.1, -0.05) is 12.1 Å². The Hall–Kier alpha value is -3.13. The SMILES string of the molecule is O=C(O)CN1CCOCC(Cc2ccc([N+](=O)[O-])cc2)N(CC(=O)O)CCN(CC(=O)O)CC1. The van der Waals surface area contributed by atoms with E-state index in [1.807, 2.05) is 0 Å². The number of aliphatic carboxylic acids is 3. The van der Waals surface area contributed by atoms with E-state index in [9.17, 15) is 34.7 Å². The Morgan fingerprint density at radius 2 is 1.41 bits per heavy atom. The number of benzene rings is 1. The zero-order chi connectivity index (χ0) is 25.1. The number of carbonyl (C=O) groups is 3. The second kappa shape index (κ2) is 13.5. The molecule has 0 saturated carbocycles. The molecule has 0 amide bonds. The van der Waals surface area contributed by atoms with Gasteiger partial charge in [-0.15, -0.1) is 0 Å². The van der Waals surface area contributed by atoms with Crippen LogP contribution in [-0.4, -0.2) is 124 Å². The van der Waals surface area contributed by atoms with Gasteiger partial charge in [0.1, 0.15) is 0 Å². The number of nitrogens with zero attached hydrogens (tertiary/aromatic N) is 4. The van der Waals surface area contributed by atoms with E-state index in [-0.39, 0.29) is 51.6 Å². The lowest BCUT2D eigenvalue weighted by molar-refractivity contribution is -0.384. The maximum absolute atomic E-state index is 11.5.